The molecule has 0 amide bonds. The average molecular weight is 336 g/mol. The molecular weight excluding hydrogens is 317 g/mol. The van der Waals surface area contributed by atoms with Crippen LogP contribution in [0.2, 0.25) is 5.02 Å². The van der Waals surface area contributed by atoms with Crippen LogP contribution < -0.4 is 5.73 Å². The van der Waals surface area contributed by atoms with Crippen molar-refractivity contribution in [3.63, 3.8) is 0 Å². The third-order valence-electron chi connectivity index (χ3n) is 3.75. The number of nitrogens with two attached hydrogens (primary N) is 1. The Kier molecular flexibility index (Phi) is 5.21. The van der Waals surface area contributed by atoms with Crippen LogP contribution in [0.5, 0.6) is 0 Å². The largest absolute Gasteiger partial charge is 0.329 e. The molecule has 0 radical (unpaired) electrons. The summed E-state index contributed by atoms with van der Waals surface area (Å²) in [4.78, 5) is 2.00. The van der Waals surface area contributed by atoms with Crippen molar-refractivity contribution in [2.24, 2.45) is 5.73 Å². The van der Waals surface area contributed by atoms with E-state index in [1.54, 1.807) is 12.1 Å². The van der Waals surface area contributed by atoms with E-state index in [9.17, 15) is 12.8 Å². The van der Waals surface area contributed by atoms with Gasteiger partial charge in [0.25, 0.3) is 0 Å². The third kappa shape index (κ3) is 3.73. The molecule has 1 aromatic rings. The normalized spacial score (nSPS) is 19.6. The smallest absolute Gasteiger partial charge is 0.211 e. The van der Waals surface area contributed by atoms with E-state index in [1.165, 1.54) is 16.6 Å². The van der Waals surface area contributed by atoms with Gasteiger partial charge in [0.05, 0.1) is 17.3 Å². The molecule has 1 heterocycles. The standard InChI is InChI=1S/C13H19ClFN3O2S/c1-21(19,20)18-7-5-17(6-8-18)12(9-16)10-3-2-4-11(14)13(10)15/h2-4,12H,5-9,16H2,1H3. The maximum absolute atomic E-state index is 14.1. The molecule has 1 saturated heterocycles. The van der Waals surface area contributed by atoms with Crippen LogP contribution in [-0.4, -0.2) is 56.6 Å². The highest BCUT2D eigenvalue weighted by Gasteiger charge is 2.29. The van der Waals surface area contributed by atoms with E-state index in [1.807, 2.05) is 4.90 Å². The summed E-state index contributed by atoms with van der Waals surface area (Å²) in [6.45, 7) is 2.05. The van der Waals surface area contributed by atoms with Crippen LogP contribution in [0.25, 0.3) is 0 Å². The van der Waals surface area contributed by atoms with E-state index in [-0.39, 0.29) is 17.6 Å². The zero-order valence-electron chi connectivity index (χ0n) is 11.8. The third-order valence-corrected chi connectivity index (χ3v) is 5.34. The maximum Gasteiger partial charge on any atom is 0.211 e. The van der Waals surface area contributed by atoms with Crippen molar-refractivity contribution >= 4 is 21.6 Å². The molecule has 0 aliphatic carbocycles. The first-order valence-corrected chi connectivity index (χ1v) is 8.90. The minimum atomic E-state index is -3.18. The highest BCUT2D eigenvalue weighted by Crippen LogP contribution is 2.27. The number of sulfonamides is 1. The second kappa shape index (κ2) is 6.58. The monoisotopic (exact) mass is 335 g/mol. The summed E-state index contributed by atoms with van der Waals surface area (Å²) in [5.41, 5.74) is 6.25. The fourth-order valence-electron chi connectivity index (χ4n) is 2.60. The number of benzene rings is 1. The first kappa shape index (κ1) is 16.6. The summed E-state index contributed by atoms with van der Waals surface area (Å²) in [6.07, 6.45) is 1.19. The lowest BCUT2D eigenvalue weighted by molar-refractivity contribution is 0.138. The molecule has 2 N–H and O–H groups in total. The zero-order valence-corrected chi connectivity index (χ0v) is 13.4. The van der Waals surface area contributed by atoms with Gasteiger partial charge in [-0.1, -0.05) is 23.7 Å². The molecule has 21 heavy (non-hydrogen) atoms. The number of halogens is 2. The predicted octanol–water partition coefficient (Wildman–Crippen LogP) is 1.06. The Morgan fingerprint density at radius 1 is 1.33 bits per heavy atom. The van der Waals surface area contributed by atoms with Crippen molar-refractivity contribution in [2.45, 2.75) is 6.04 Å². The quantitative estimate of drug-likeness (QED) is 0.893. The van der Waals surface area contributed by atoms with E-state index in [4.69, 9.17) is 17.3 Å². The Morgan fingerprint density at radius 3 is 2.48 bits per heavy atom. The Bertz CT molecular complexity index is 603. The molecule has 2 rings (SSSR count). The summed E-state index contributed by atoms with van der Waals surface area (Å²) in [7, 11) is -3.18. The Labute approximate surface area is 129 Å². The van der Waals surface area contributed by atoms with Crippen LogP contribution in [0.15, 0.2) is 18.2 Å². The zero-order chi connectivity index (χ0) is 15.6. The molecule has 0 bridgehead atoms. The molecule has 0 saturated carbocycles. The van der Waals surface area contributed by atoms with Crippen LogP contribution in [0.1, 0.15) is 11.6 Å². The van der Waals surface area contributed by atoms with E-state index in [2.05, 4.69) is 0 Å². The Balaban J connectivity index is 2.15. The molecule has 8 heteroatoms. The minimum absolute atomic E-state index is 0.0701. The van der Waals surface area contributed by atoms with Crippen LogP contribution in [0.3, 0.4) is 0 Å². The van der Waals surface area contributed by atoms with Crippen LogP contribution >= 0.6 is 11.6 Å². The molecule has 1 aromatic carbocycles. The number of rotatable bonds is 4. The summed E-state index contributed by atoms with van der Waals surface area (Å²) in [5, 5.41) is 0.0701. The van der Waals surface area contributed by atoms with E-state index >= 15 is 0 Å². The summed E-state index contributed by atoms with van der Waals surface area (Å²) >= 11 is 5.81. The van der Waals surface area contributed by atoms with Gasteiger partial charge in [-0.15, -0.1) is 0 Å². The van der Waals surface area contributed by atoms with Crippen molar-refractivity contribution < 1.29 is 12.8 Å². The Hall–Kier alpha value is -0.730. The fraction of sp³-hybridized carbons (Fsp3) is 0.538. The summed E-state index contributed by atoms with van der Waals surface area (Å²) in [6, 6.07) is 4.55. The van der Waals surface area contributed by atoms with Crippen molar-refractivity contribution in [2.75, 3.05) is 39.0 Å². The molecule has 1 aliphatic heterocycles. The summed E-state index contributed by atoms with van der Waals surface area (Å²) < 4.78 is 38.6. The highest BCUT2D eigenvalue weighted by molar-refractivity contribution is 7.88. The molecular formula is C13H19ClFN3O2S. The van der Waals surface area contributed by atoms with Crippen molar-refractivity contribution in [3.8, 4) is 0 Å². The SMILES string of the molecule is CS(=O)(=O)N1CCN(C(CN)c2cccc(Cl)c2F)CC1. The van der Waals surface area contributed by atoms with Crippen molar-refractivity contribution in [1.29, 1.82) is 0 Å². The van der Waals surface area contributed by atoms with Crippen LogP contribution in [0, 0.1) is 5.82 Å². The number of nitrogens with zero attached hydrogens (tertiary/aromatic N) is 2. The molecule has 0 aromatic heterocycles. The first-order chi connectivity index (χ1) is 9.84. The van der Waals surface area contributed by atoms with Crippen LogP contribution in [-0.2, 0) is 10.0 Å². The molecule has 5 nitrogen and oxygen atoms in total. The fourth-order valence-corrected chi connectivity index (χ4v) is 3.61. The second-order valence-corrected chi connectivity index (χ2v) is 7.48. The molecule has 1 fully saturated rings. The topological polar surface area (TPSA) is 66.6 Å². The number of hydrogen-bond acceptors (Lipinski definition) is 4. The lowest BCUT2D eigenvalue weighted by Gasteiger charge is -2.38. The van der Waals surface area contributed by atoms with Gasteiger partial charge >= 0.3 is 0 Å². The average Bonchev–Trinajstić information content (AvgIpc) is 2.44. The van der Waals surface area contributed by atoms with Crippen LogP contribution in [0.4, 0.5) is 4.39 Å². The van der Waals surface area contributed by atoms with E-state index in [0.29, 0.717) is 31.7 Å². The van der Waals surface area contributed by atoms with Gasteiger partial charge in [0.15, 0.2) is 0 Å². The lowest BCUT2D eigenvalue weighted by atomic mass is 10.0. The van der Waals surface area contributed by atoms with Gasteiger partial charge in [-0.2, -0.15) is 4.31 Å². The number of piperazine rings is 1. The van der Waals surface area contributed by atoms with Crippen molar-refractivity contribution in [3.05, 3.63) is 34.6 Å². The summed E-state index contributed by atoms with van der Waals surface area (Å²) in [5.74, 6) is -0.458. The molecule has 118 valence electrons. The van der Waals surface area contributed by atoms with E-state index in [0.717, 1.165) is 0 Å². The predicted molar refractivity (Wildman–Crippen MR) is 81.2 cm³/mol. The second-order valence-electron chi connectivity index (χ2n) is 5.09. The van der Waals surface area contributed by atoms with Gasteiger partial charge in [0, 0.05) is 38.3 Å². The number of hydrogen-bond donors (Lipinski definition) is 1. The van der Waals surface area contributed by atoms with E-state index < -0.39 is 15.8 Å². The van der Waals surface area contributed by atoms with Gasteiger partial charge in [0.2, 0.25) is 10.0 Å². The minimum Gasteiger partial charge on any atom is -0.329 e. The van der Waals surface area contributed by atoms with Crippen molar-refractivity contribution in [1.82, 2.24) is 9.21 Å². The van der Waals surface area contributed by atoms with Gasteiger partial charge < -0.3 is 5.73 Å². The van der Waals surface area contributed by atoms with Gasteiger partial charge in [-0.05, 0) is 6.07 Å². The molecule has 1 atom stereocenters. The highest BCUT2D eigenvalue weighted by atomic mass is 35.5. The molecule has 1 unspecified atom stereocenters. The Morgan fingerprint density at radius 2 is 1.95 bits per heavy atom. The first-order valence-electron chi connectivity index (χ1n) is 6.67. The maximum atomic E-state index is 14.1. The lowest BCUT2D eigenvalue weighted by Crippen LogP contribution is -2.50. The van der Waals surface area contributed by atoms with Gasteiger partial charge in [-0.3, -0.25) is 4.90 Å². The van der Waals surface area contributed by atoms with Gasteiger partial charge in [-0.25, -0.2) is 12.8 Å². The van der Waals surface area contributed by atoms with Gasteiger partial charge in [0.1, 0.15) is 5.82 Å². The molecule has 0 spiro atoms. The molecule has 1 aliphatic rings.